The van der Waals surface area contributed by atoms with E-state index in [1.165, 1.54) is 30.8 Å². The van der Waals surface area contributed by atoms with E-state index >= 15 is 0 Å². The number of thiazole rings is 1. The molecule has 1 aliphatic rings. The zero-order valence-corrected chi connectivity index (χ0v) is 13.8. The normalized spacial score (nSPS) is 23.2. The van der Waals surface area contributed by atoms with Crippen LogP contribution in [-0.4, -0.2) is 42.0 Å². The lowest BCUT2D eigenvalue weighted by atomic mass is 9.92. The third-order valence-corrected chi connectivity index (χ3v) is 4.71. The molecule has 0 spiro atoms. The van der Waals surface area contributed by atoms with E-state index in [2.05, 4.69) is 29.0 Å². The molecule has 1 amide bonds. The lowest BCUT2D eigenvalue weighted by Crippen LogP contribution is -2.40. The van der Waals surface area contributed by atoms with Crippen LogP contribution < -0.4 is 11.1 Å². The largest absolute Gasteiger partial charge is 0.351 e. The highest BCUT2D eigenvalue weighted by molar-refractivity contribution is 7.09. The number of aromatic nitrogens is 1. The van der Waals surface area contributed by atoms with Crippen LogP contribution in [0.15, 0.2) is 5.38 Å². The molecule has 1 aromatic rings. The van der Waals surface area contributed by atoms with Crippen molar-refractivity contribution in [3.05, 3.63) is 16.1 Å². The monoisotopic (exact) mass is 310 g/mol. The van der Waals surface area contributed by atoms with Gasteiger partial charge < -0.3 is 16.0 Å². The minimum absolute atomic E-state index is 0.0914. The maximum atomic E-state index is 11.9. The Hall–Kier alpha value is -0.980. The molecule has 1 saturated heterocycles. The first-order chi connectivity index (χ1) is 10.1. The van der Waals surface area contributed by atoms with E-state index in [9.17, 15) is 4.79 Å². The van der Waals surface area contributed by atoms with Crippen LogP contribution in [0.2, 0.25) is 0 Å². The SMILES string of the molecule is CC1CC(C)CN(CCCNC(=O)c2csc(CN)n2)C1. The average molecular weight is 310 g/mol. The number of amides is 1. The molecule has 2 heterocycles. The summed E-state index contributed by atoms with van der Waals surface area (Å²) in [5.41, 5.74) is 5.99. The van der Waals surface area contributed by atoms with Gasteiger partial charge in [0.15, 0.2) is 0 Å². The smallest absolute Gasteiger partial charge is 0.270 e. The molecular weight excluding hydrogens is 284 g/mol. The van der Waals surface area contributed by atoms with Crippen molar-refractivity contribution in [1.82, 2.24) is 15.2 Å². The van der Waals surface area contributed by atoms with Crippen LogP contribution in [0.4, 0.5) is 0 Å². The van der Waals surface area contributed by atoms with E-state index in [1.54, 1.807) is 5.38 Å². The van der Waals surface area contributed by atoms with Crippen LogP contribution in [0.3, 0.4) is 0 Å². The van der Waals surface area contributed by atoms with E-state index in [-0.39, 0.29) is 5.91 Å². The van der Waals surface area contributed by atoms with Crippen molar-refractivity contribution in [3.8, 4) is 0 Å². The van der Waals surface area contributed by atoms with Gasteiger partial charge in [0.2, 0.25) is 0 Å². The first-order valence-corrected chi connectivity index (χ1v) is 8.61. The van der Waals surface area contributed by atoms with E-state index in [4.69, 9.17) is 5.73 Å². The van der Waals surface area contributed by atoms with Crippen molar-refractivity contribution in [1.29, 1.82) is 0 Å². The maximum absolute atomic E-state index is 11.9. The molecule has 2 unspecified atom stereocenters. The highest BCUT2D eigenvalue weighted by Gasteiger charge is 2.21. The molecule has 2 atom stereocenters. The first kappa shape index (κ1) is 16.4. The standard InChI is InChI=1S/C15H26N4OS/c1-11-6-12(2)9-19(8-11)5-3-4-17-15(20)13-10-21-14(7-16)18-13/h10-12H,3-9,16H2,1-2H3,(H,17,20). The van der Waals surface area contributed by atoms with Crippen LogP contribution in [0, 0.1) is 11.8 Å². The number of hydrogen-bond donors (Lipinski definition) is 2. The van der Waals surface area contributed by atoms with Gasteiger partial charge >= 0.3 is 0 Å². The number of nitrogens with two attached hydrogens (primary N) is 1. The van der Waals surface area contributed by atoms with Gasteiger partial charge in [0.05, 0.1) is 0 Å². The molecule has 0 radical (unpaired) electrons. The van der Waals surface area contributed by atoms with E-state index in [1.807, 2.05) is 0 Å². The molecule has 2 rings (SSSR count). The molecule has 21 heavy (non-hydrogen) atoms. The lowest BCUT2D eigenvalue weighted by Gasteiger charge is -2.34. The molecule has 3 N–H and O–H groups in total. The van der Waals surface area contributed by atoms with Gasteiger partial charge in [-0.1, -0.05) is 13.8 Å². The first-order valence-electron chi connectivity index (χ1n) is 7.73. The number of nitrogens with zero attached hydrogens (tertiary/aromatic N) is 2. The summed E-state index contributed by atoms with van der Waals surface area (Å²) in [6.07, 6.45) is 2.32. The van der Waals surface area contributed by atoms with Crippen molar-refractivity contribution in [2.24, 2.45) is 17.6 Å². The van der Waals surface area contributed by atoms with Crippen LogP contribution >= 0.6 is 11.3 Å². The fourth-order valence-electron chi connectivity index (χ4n) is 3.08. The Morgan fingerprint density at radius 2 is 2.19 bits per heavy atom. The third-order valence-electron chi connectivity index (χ3n) is 3.84. The van der Waals surface area contributed by atoms with E-state index in [0.717, 1.165) is 29.8 Å². The number of nitrogens with one attached hydrogen (secondary N) is 1. The topological polar surface area (TPSA) is 71.2 Å². The predicted octanol–water partition coefficient (Wildman–Crippen LogP) is 1.70. The molecule has 118 valence electrons. The van der Waals surface area contributed by atoms with Gasteiger partial charge in [-0.2, -0.15) is 0 Å². The van der Waals surface area contributed by atoms with Crippen LogP contribution in [0.5, 0.6) is 0 Å². The molecule has 1 aliphatic heterocycles. The fourth-order valence-corrected chi connectivity index (χ4v) is 3.73. The van der Waals surface area contributed by atoms with Crippen LogP contribution in [-0.2, 0) is 6.54 Å². The summed E-state index contributed by atoms with van der Waals surface area (Å²) in [5.74, 6) is 1.48. The van der Waals surface area contributed by atoms with Crippen molar-refractivity contribution >= 4 is 17.2 Å². The van der Waals surface area contributed by atoms with Gasteiger partial charge in [-0.25, -0.2) is 4.98 Å². The Labute approximate surface area is 130 Å². The van der Waals surface area contributed by atoms with Crippen LogP contribution in [0.1, 0.15) is 42.2 Å². The number of carbonyl (C=O) groups excluding carboxylic acids is 1. The Kier molecular flexibility index (Phi) is 6.14. The van der Waals surface area contributed by atoms with Crippen molar-refractivity contribution < 1.29 is 4.79 Å². The van der Waals surface area contributed by atoms with Gasteiger partial charge in [-0.05, 0) is 31.2 Å². The molecular formula is C15H26N4OS. The fraction of sp³-hybridized carbons (Fsp3) is 0.733. The van der Waals surface area contributed by atoms with E-state index in [0.29, 0.717) is 18.8 Å². The summed E-state index contributed by atoms with van der Waals surface area (Å²) in [7, 11) is 0. The Bertz CT molecular complexity index is 452. The van der Waals surface area contributed by atoms with Crippen LogP contribution in [0.25, 0.3) is 0 Å². The Balaban J connectivity index is 1.66. The molecule has 5 nitrogen and oxygen atoms in total. The molecule has 1 aromatic heterocycles. The summed E-state index contributed by atoms with van der Waals surface area (Å²) < 4.78 is 0. The predicted molar refractivity (Wildman–Crippen MR) is 86.3 cm³/mol. The average Bonchev–Trinajstić information content (AvgIpc) is 2.91. The maximum Gasteiger partial charge on any atom is 0.270 e. The van der Waals surface area contributed by atoms with Crippen molar-refractivity contribution in [2.75, 3.05) is 26.2 Å². The molecule has 0 bridgehead atoms. The molecule has 0 saturated carbocycles. The highest BCUT2D eigenvalue weighted by Crippen LogP contribution is 2.20. The molecule has 1 fully saturated rings. The quantitative estimate of drug-likeness (QED) is 0.785. The van der Waals surface area contributed by atoms with E-state index < -0.39 is 0 Å². The summed E-state index contributed by atoms with van der Waals surface area (Å²) in [5, 5.41) is 5.51. The second-order valence-corrected chi connectivity index (χ2v) is 7.09. The highest BCUT2D eigenvalue weighted by atomic mass is 32.1. The number of piperidine rings is 1. The third kappa shape index (κ3) is 5.05. The minimum atomic E-state index is -0.0914. The number of hydrogen-bond acceptors (Lipinski definition) is 5. The zero-order valence-electron chi connectivity index (χ0n) is 13.0. The second kappa shape index (κ2) is 7.87. The summed E-state index contributed by atoms with van der Waals surface area (Å²) in [6.45, 7) is 9.16. The van der Waals surface area contributed by atoms with Crippen molar-refractivity contribution in [3.63, 3.8) is 0 Å². The second-order valence-electron chi connectivity index (χ2n) is 6.15. The molecule has 0 aromatic carbocycles. The number of rotatable bonds is 6. The van der Waals surface area contributed by atoms with Gasteiger partial charge in [0.25, 0.3) is 5.91 Å². The van der Waals surface area contributed by atoms with Gasteiger partial charge in [-0.15, -0.1) is 11.3 Å². The van der Waals surface area contributed by atoms with Gasteiger partial charge in [0, 0.05) is 31.6 Å². The van der Waals surface area contributed by atoms with Gasteiger partial charge in [-0.3, -0.25) is 4.79 Å². The molecule has 6 heteroatoms. The number of likely N-dealkylation sites (tertiary alicyclic amines) is 1. The lowest BCUT2D eigenvalue weighted by molar-refractivity contribution is 0.0943. The summed E-state index contributed by atoms with van der Waals surface area (Å²) >= 11 is 1.44. The minimum Gasteiger partial charge on any atom is -0.351 e. The Morgan fingerprint density at radius 3 is 2.81 bits per heavy atom. The zero-order chi connectivity index (χ0) is 15.2. The summed E-state index contributed by atoms with van der Waals surface area (Å²) in [4.78, 5) is 18.6. The number of carbonyl (C=O) groups is 1. The molecule has 0 aliphatic carbocycles. The summed E-state index contributed by atoms with van der Waals surface area (Å²) in [6, 6.07) is 0. The Morgan fingerprint density at radius 1 is 1.48 bits per heavy atom. The van der Waals surface area contributed by atoms with Gasteiger partial charge in [0.1, 0.15) is 10.7 Å². The van der Waals surface area contributed by atoms with Crippen molar-refractivity contribution in [2.45, 2.75) is 33.2 Å².